The molecule has 2 N–H and O–H groups in total. The van der Waals surface area contributed by atoms with Crippen molar-refractivity contribution in [2.75, 3.05) is 0 Å². The van der Waals surface area contributed by atoms with Gasteiger partial charge in [-0.2, -0.15) is 0 Å². The Morgan fingerprint density at radius 2 is 1.72 bits per heavy atom. The number of primary amides is 1. The second-order valence-electron chi connectivity index (χ2n) is 8.23. The van der Waals surface area contributed by atoms with E-state index in [9.17, 15) is 4.79 Å². The third-order valence-electron chi connectivity index (χ3n) is 5.99. The van der Waals surface area contributed by atoms with Crippen molar-refractivity contribution in [1.82, 2.24) is 0 Å². The van der Waals surface area contributed by atoms with Crippen LogP contribution in [0.3, 0.4) is 0 Å². The fourth-order valence-corrected chi connectivity index (χ4v) is 6.49. The SMILES string of the molecule is CCCC(c1ccc(C(N)=O)cc1)C(c1ccc(Cl)cc1)c1csc2c(Br)cc(C)cc12. The minimum atomic E-state index is -0.401. The average Bonchev–Trinajstić information content (AvgIpc) is 3.18. The first kappa shape index (κ1) is 23.0. The first-order chi connectivity index (χ1) is 15.4. The Bertz CT molecular complexity index is 1250. The minimum absolute atomic E-state index is 0.161. The third kappa shape index (κ3) is 4.63. The lowest BCUT2D eigenvalue weighted by atomic mass is 9.75. The van der Waals surface area contributed by atoms with Crippen LogP contribution in [0.25, 0.3) is 10.1 Å². The summed E-state index contributed by atoms with van der Waals surface area (Å²) in [5.41, 5.74) is 11.0. The van der Waals surface area contributed by atoms with Crippen molar-refractivity contribution in [3.05, 3.63) is 103 Å². The second-order valence-corrected chi connectivity index (χ2v) is 10.4. The smallest absolute Gasteiger partial charge is 0.248 e. The molecular weight excluding hydrogens is 502 g/mol. The number of hydrogen-bond donors (Lipinski definition) is 1. The Hall–Kier alpha value is -2.14. The molecule has 0 spiro atoms. The zero-order valence-corrected chi connectivity index (χ0v) is 21.2. The summed E-state index contributed by atoms with van der Waals surface area (Å²) >= 11 is 11.8. The molecule has 2 nitrogen and oxygen atoms in total. The number of thiophene rings is 1. The van der Waals surface area contributed by atoms with Gasteiger partial charge in [0.25, 0.3) is 0 Å². The van der Waals surface area contributed by atoms with Gasteiger partial charge in [-0.15, -0.1) is 11.3 Å². The van der Waals surface area contributed by atoms with Crippen LogP contribution >= 0.6 is 38.9 Å². The number of carbonyl (C=O) groups is 1. The maximum atomic E-state index is 11.6. The molecule has 0 radical (unpaired) electrons. The van der Waals surface area contributed by atoms with Crippen LogP contribution in [0.2, 0.25) is 5.02 Å². The number of aryl methyl sites for hydroxylation is 1. The normalized spacial score (nSPS) is 13.2. The van der Waals surface area contributed by atoms with E-state index in [2.05, 4.69) is 71.6 Å². The highest BCUT2D eigenvalue weighted by molar-refractivity contribution is 9.10. The zero-order chi connectivity index (χ0) is 22.8. The van der Waals surface area contributed by atoms with Crippen LogP contribution in [-0.4, -0.2) is 5.91 Å². The third-order valence-corrected chi connectivity index (χ3v) is 8.18. The van der Waals surface area contributed by atoms with Crippen molar-refractivity contribution < 1.29 is 4.79 Å². The molecule has 0 saturated carbocycles. The largest absolute Gasteiger partial charge is 0.366 e. The van der Waals surface area contributed by atoms with E-state index >= 15 is 0 Å². The number of halogens is 2. The number of rotatable bonds is 7. The molecule has 2 atom stereocenters. The van der Waals surface area contributed by atoms with Gasteiger partial charge < -0.3 is 5.73 Å². The quantitative estimate of drug-likeness (QED) is 0.258. The molecule has 1 amide bonds. The first-order valence-corrected chi connectivity index (χ1v) is 12.8. The number of carbonyl (C=O) groups excluding carboxylic acids is 1. The van der Waals surface area contributed by atoms with Crippen LogP contribution in [0.1, 0.15) is 64.2 Å². The fraction of sp³-hybridized carbons (Fsp3) is 0.222. The summed E-state index contributed by atoms with van der Waals surface area (Å²) in [6.07, 6.45) is 2.07. The van der Waals surface area contributed by atoms with E-state index in [-0.39, 0.29) is 11.8 Å². The van der Waals surface area contributed by atoms with Crippen molar-refractivity contribution in [2.24, 2.45) is 5.73 Å². The predicted molar refractivity (Wildman–Crippen MR) is 140 cm³/mol. The maximum absolute atomic E-state index is 11.6. The highest BCUT2D eigenvalue weighted by Crippen LogP contribution is 2.47. The average molecular weight is 527 g/mol. The molecule has 4 aromatic rings. The topological polar surface area (TPSA) is 43.1 Å². The monoisotopic (exact) mass is 525 g/mol. The summed E-state index contributed by atoms with van der Waals surface area (Å²) in [5, 5.41) is 4.32. The van der Waals surface area contributed by atoms with Gasteiger partial charge in [0.05, 0.1) is 0 Å². The van der Waals surface area contributed by atoms with E-state index in [1.54, 1.807) is 11.3 Å². The lowest BCUT2D eigenvalue weighted by molar-refractivity contribution is 0.100. The molecule has 1 heterocycles. The van der Waals surface area contributed by atoms with Gasteiger partial charge in [0.2, 0.25) is 5.91 Å². The van der Waals surface area contributed by atoms with E-state index in [4.69, 9.17) is 17.3 Å². The number of amides is 1. The summed E-state index contributed by atoms with van der Waals surface area (Å²) in [5.74, 6) is 0.0104. The van der Waals surface area contributed by atoms with Crippen LogP contribution in [-0.2, 0) is 0 Å². The Morgan fingerprint density at radius 3 is 2.34 bits per heavy atom. The maximum Gasteiger partial charge on any atom is 0.248 e. The number of fused-ring (bicyclic) bond motifs is 1. The van der Waals surface area contributed by atoms with Crippen molar-refractivity contribution in [1.29, 1.82) is 0 Å². The predicted octanol–water partition coefficient (Wildman–Crippen LogP) is 8.44. The van der Waals surface area contributed by atoms with Gasteiger partial charge in [-0.05, 0) is 98.5 Å². The number of benzene rings is 3. The molecule has 0 aliphatic heterocycles. The summed E-state index contributed by atoms with van der Waals surface area (Å²) in [6.45, 7) is 4.35. The molecule has 1 aromatic heterocycles. The van der Waals surface area contributed by atoms with Gasteiger partial charge >= 0.3 is 0 Å². The van der Waals surface area contributed by atoms with Crippen LogP contribution in [0.15, 0.2) is 70.5 Å². The molecule has 4 rings (SSSR count). The van der Waals surface area contributed by atoms with Crippen molar-refractivity contribution in [2.45, 2.75) is 38.5 Å². The van der Waals surface area contributed by atoms with E-state index < -0.39 is 5.91 Å². The van der Waals surface area contributed by atoms with Crippen LogP contribution in [0.4, 0.5) is 0 Å². The molecule has 0 aliphatic rings. The lowest BCUT2D eigenvalue weighted by Crippen LogP contribution is -2.14. The van der Waals surface area contributed by atoms with E-state index in [1.807, 2.05) is 24.3 Å². The summed E-state index contributed by atoms with van der Waals surface area (Å²) < 4.78 is 2.40. The van der Waals surface area contributed by atoms with Crippen LogP contribution in [0, 0.1) is 6.92 Å². The minimum Gasteiger partial charge on any atom is -0.366 e. The van der Waals surface area contributed by atoms with Gasteiger partial charge in [0.1, 0.15) is 0 Å². The van der Waals surface area contributed by atoms with Gasteiger partial charge in [-0.25, -0.2) is 0 Å². The van der Waals surface area contributed by atoms with Crippen molar-refractivity contribution in [3.63, 3.8) is 0 Å². The lowest BCUT2D eigenvalue weighted by Gasteiger charge is -2.29. The van der Waals surface area contributed by atoms with E-state index in [0.29, 0.717) is 5.56 Å². The highest BCUT2D eigenvalue weighted by atomic mass is 79.9. The van der Waals surface area contributed by atoms with E-state index in [1.165, 1.54) is 32.3 Å². The standard InChI is InChI=1S/C27H25BrClNOS/c1-3-4-21(17-5-7-19(8-6-17)27(30)31)25(18-9-11-20(29)12-10-18)23-15-32-26-22(23)13-16(2)14-24(26)28/h5-15,21,25H,3-4H2,1-2H3,(H2,30,31). The van der Waals surface area contributed by atoms with Crippen molar-refractivity contribution >= 4 is 54.9 Å². The van der Waals surface area contributed by atoms with E-state index in [0.717, 1.165) is 22.3 Å². The van der Waals surface area contributed by atoms with Gasteiger partial charge in [0.15, 0.2) is 0 Å². The molecular formula is C27H25BrClNOS. The summed E-state index contributed by atoms with van der Waals surface area (Å²) in [4.78, 5) is 11.6. The highest BCUT2D eigenvalue weighted by Gasteiger charge is 2.29. The van der Waals surface area contributed by atoms with Gasteiger partial charge in [0, 0.05) is 25.7 Å². The van der Waals surface area contributed by atoms with Crippen LogP contribution in [0.5, 0.6) is 0 Å². The molecule has 0 saturated heterocycles. The zero-order valence-electron chi connectivity index (χ0n) is 18.1. The summed E-state index contributed by atoms with van der Waals surface area (Å²) in [7, 11) is 0. The molecule has 0 bridgehead atoms. The Labute approximate surface area is 206 Å². The molecule has 5 heteroatoms. The molecule has 3 aromatic carbocycles. The molecule has 0 fully saturated rings. The van der Waals surface area contributed by atoms with Gasteiger partial charge in [-0.3, -0.25) is 4.79 Å². The Balaban J connectivity index is 1.92. The molecule has 0 aliphatic carbocycles. The Kier molecular flexibility index (Phi) is 7.04. The summed E-state index contributed by atoms with van der Waals surface area (Å²) in [6, 6.07) is 20.5. The Morgan fingerprint density at radius 1 is 1.06 bits per heavy atom. The van der Waals surface area contributed by atoms with Gasteiger partial charge in [-0.1, -0.05) is 55.3 Å². The van der Waals surface area contributed by atoms with Crippen LogP contribution < -0.4 is 5.73 Å². The second kappa shape index (κ2) is 9.78. The van der Waals surface area contributed by atoms with Crippen molar-refractivity contribution in [3.8, 4) is 0 Å². The first-order valence-electron chi connectivity index (χ1n) is 10.7. The molecule has 164 valence electrons. The molecule has 2 unspecified atom stereocenters. The molecule has 32 heavy (non-hydrogen) atoms. The number of nitrogens with two attached hydrogens (primary N) is 1. The fourth-order valence-electron chi connectivity index (χ4n) is 4.52. The number of hydrogen-bond acceptors (Lipinski definition) is 2.